The first-order valence-electron chi connectivity index (χ1n) is 13.5. The molecule has 5 saturated carbocycles. The highest BCUT2D eigenvalue weighted by molar-refractivity contribution is 5.85. The summed E-state index contributed by atoms with van der Waals surface area (Å²) in [5.41, 5.74) is 2.35. The lowest BCUT2D eigenvalue weighted by atomic mass is 9.43. The number of carbonyl (C=O) groups excluding carboxylic acids is 1. The summed E-state index contributed by atoms with van der Waals surface area (Å²) in [6.07, 6.45) is 15.4. The Labute approximate surface area is 194 Å². The third-order valence-corrected chi connectivity index (χ3v) is 12.6. The van der Waals surface area contributed by atoms with Gasteiger partial charge < -0.3 is 5.11 Å². The largest absolute Gasteiger partial charge is 0.478 e. The number of carboxylic acid groups (broad SMARTS) is 1. The van der Waals surface area contributed by atoms with E-state index in [4.69, 9.17) is 5.11 Å². The fourth-order valence-electron chi connectivity index (χ4n) is 10.7. The highest BCUT2D eigenvalue weighted by Gasteiger charge is 2.81. The first-order valence-corrected chi connectivity index (χ1v) is 13.5. The molecule has 0 unspecified atom stereocenters. The number of ketones is 1. The molecule has 2 spiro atoms. The van der Waals surface area contributed by atoms with Crippen LogP contribution in [0.1, 0.15) is 105 Å². The average Bonchev–Trinajstić information content (AvgIpc) is 3.33. The molecule has 9 atom stereocenters. The number of carboxylic acids is 1. The first-order chi connectivity index (χ1) is 15.0. The van der Waals surface area contributed by atoms with E-state index in [2.05, 4.69) is 27.7 Å². The van der Waals surface area contributed by atoms with Gasteiger partial charge in [-0.05, 0) is 116 Å². The van der Waals surface area contributed by atoms with Crippen LogP contribution in [0.3, 0.4) is 0 Å². The van der Waals surface area contributed by atoms with Crippen LogP contribution in [0.25, 0.3) is 0 Å². The Hall–Kier alpha value is -1.12. The molecule has 0 aliphatic heterocycles. The van der Waals surface area contributed by atoms with Crippen molar-refractivity contribution in [2.24, 2.45) is 51.2 Å². The highest BCUT2D eigenvalue weighted by atomic mass is 16.4. The van der Waals surface area contributed by atoms with E-state index in [1.165, 1.54) is 51.4 Å². The van der Waals surface area contributed by atoms with Gasteiger partial charge in [0, 0.05) is 17.9 Å². The maximum absolute atomic E-state index is 12.5. The third-order valence-electron chi connectivity index (χ3n) is 12.6. The lowest BCUT2D eigenvalue weighted by Gasteiger charge is -2.61. The summed E-state index contributed by atoms with van der Waals surface area (Å²) in [5.74, 6) is 2.94. The van der Waals surface area contributed by atoms with Gasteiger partial charge in [0.05, 0.1) is 0 Å². The molecule has 1 N–H and O–H groups in total. The molecule has 0 radical (unpaired) electrons. The normalized spacial score (nSPS) is 50.7. The highest BCUT2D eigenvalue weighted by Crippen LogP contribution is 2.88. The van der Waals surface area contributed by atoms with E-state index in [9.17, 15) is 9.59 Å². The van der Waals surface area contributed by atoms with E-state index in [1.54, 1.807) is 6.92 Å². The maximum Gasteiger partial charge on any atom is 0.330 e. The summed E-state index contributed by atoms with van der Waals surface area (Å²) >= 11 is 0. The summed E-state index contributed by atoms with van der Waals surface area (Å²) in [6, 6.07) is 0. The Morgan fingerprint density at radius 2 is 1.84 bits per heavy atom. The molecule has 3 nitrogen and oxygen atoms in total. The summed E-state index contributed by atoms with van der Waals surface area (Å²) in [4.78, 5) is 23.6. The molecule has 0 bridgehead atoms. The van der Waals surface area contributed by atoms with E-state index in [1.807, 2.05) is 6.08 Å². The Morgan fingerprint density at radius 1 is 1.09 bits per heavy atom. The zero-order chi connectivity index (χ0) is 23.1. The predicted molar refractivity (Wildman–Crippen MR) is 127 cm³/mol. The van der Waals surface area contributed by atoms with Crippen molar-refractivity contribution in [2.75, 3.05) is 0 Å². The Balaban J connectivity index is 1.36. The molecule has 0 amide bonds. The average molecular weight is 441 g/mol. The molecule has 5 aliphatic carbocycles. The SMILES string of the molecule is C/C(=C\CC[C@@H](C)[C@H]1CC[C@@]2(C)[C@@H]3CC[C@H]4[C@H](C)C(=O)CC[C@@]45C[C@@]35CC[C@]12C)C(=O)O. The van der Waals surface area contributed by atoms with Crippen molar-refractivity contribution >= 4 is 11.8 Å². The van der Waals surface area contributed by atoms with Crippen LogP contribution in [-0.2, 0) is 9.59 Å². The summed E-state index contributed by atoms with van der Waals surface area (Å²) in [7, 11) is 0. The van der Waals surface area contributed by atoms with Gasteiger partial charge in [0.25, 0.3) is 0 Å². The molecule has 0 aromatic rings. The first kappa shape index (κ1) is 22.7. The van der Waals surface area contributed by atoms with Crippen LogP contribution in [-0.4, -0.2) is 16.9 Å². The minimum Gasteiger partial charge on any atom is -0.478 e. The lowest BCUT2D eigenvalue weighted by Crippen LogP contribution is -2.55. The van der Waals surface area contributed by atoms with E-state index in [-0.39, 0.29) is 0 Å². The van der Waals surface area contributed by atoms with Crippen molar-refractivity contribution in [3.63, 3.8) is 0 Å². The summed E-state index contributed by atoms with van der Waals surface area (Å²) in [5, 5.41) is 9.15. The minimum atomic E-state index is -0.789. The predicted octanol–water partition coefficient (Wildman–Crippen LogP) is 7.05. The molecule has 5 rings (SSSR count). The van der Waals surface area contributed by atoms with Crippen LogP contribution in [0.4, 0.5) is 0 Å². The number of carbonyl (C=O) groups is 2. The molecule has 0 saturated heterocycles. The van der Waals surface area contributed by atoms with E-state index >= 15 is 0 Å². The molecule has 0 aromatic carbocycles. The zero-order valence-corrected chi connectivity index (χ0v) is 21.0. The number of rotatable bonds is 5. The van der Waals surface area contributed by atoms with Crippen LogP contribution >= 0.6 is 0 Å². The van der Waals surface area contributed by atoms with E-state index in [0.29, 0.717) is 50.8 Å². The standard InChI is InChI=1S/C29H44O3/c1-18(7-6-8-19(2)25(31)32)21-11-13-27(5)24-10-9-22-20(3)23(30)12-14-28(22)17-29(24,28)16-15-26(21,27)4/h8,18,20-22,24H,6-7,9-17H2,1-5H3,(H,31,32)/b19-8+/t18-,20+,21-,22+,24+,26-,27+,28-,29+/m1/s1. The second kappa shape index (κ2) is 7.19. The molecule has 5 fully saturated rings. The Bertz CT molecular complexity index is 858. The number of allylic oxidation sites excluding steroid dienone is 1. The minimum absolute atomic E-state index is 0.295. The maximum atomic E-state index is 12.5. The van der Waals surface area contributed by atoms with Crippen LogP contribution in [0, 0.1) is 51.2 Å². The zero-order valence-electron chi connectivity index (χ0n) is 21.0. The number of hydrogen-bond donors (Lipinski definition) is 1. The number of Topliss-reactive ketones (excluding diaryl/α,β-unsaturated/α-hetero) is 1. The van der Waals surface area contributed by atoms with Gasteiger partial charge in [-0.2, -0.15) is 0 Å². The lowest BCUT2D eigenvalue weighted by molar-refractivity contribution is -0.146. The van der Waals surface area contributed by atoms with Crippen molar-refractivity contribution < 1.29 is 14.7 Å². The van der Waals surface area contributed by atoms with Crippen molar-refractivity contribution in [1.82, 2.24) is 0 Å². The molecule has 32 heavy (non-hydrogen) atoms. The van der Waals surface area contributed by atoms with Crippen LogP contribution in [0.2, 0.25) is 0 Å². The number of aliphatic carboxylic acids is 1. The second-order valence-electron chi connectivity index (χ2n) is 13.2. The van der Waals surface area contributed by atoms with Gasteiger partial charge in [0.15, 0.2) is 0 Å². The number of hydrogen-bond acceptors (Lipinski definition) is 2. The van der Waals surface area contributed by atoms with E-state index < -0.39 is 5.97 Å². The molecule has 5 aliphatic rings. The summed E-state index contributed by atoms with van der Waals surface area (Å²) < 4.78 is 0. The van der Waals surface area contributed by atoms with Gasteiger partial charge in [-0.15, -0.1) is 0 Å². The van der Waals surface area contributed by atoms with Gasteiger partial charge in [-0.1, -0.05) is 33.8 Å². The molecular weight excluding hydrogens is 396 g/mol. The molecule has 0 aromatic heterocycles. The fourth-order valence-corrected chi connectivity index (χ4v) is 10.7. The van der Waals surface area contributed by atoms with Crippen LogP contribution < -0.4 is 0 Å². The molecule has 0 heterocycles. The monoisotopic (exact) mass is 440 g/mol. The topological polar surface area (TPSA) is 54.4 Å². The van der Waals surface area contributed by atoms with Crippen LogP contribution in [0.15, 0.2) is 11.6 Å². The summed E-state index contributed by atoms with van der Waals surface area (Å²) in [6.45, 7) is 11.7. The van der Waals surface area contributed by atoms with Crippen LogP contribution in [0.5, 0.6) is 0 Å². The third kappa shape index (κ3) is 2.72. The van der Waals surface area contributed by atoms with Crippen molar-refractivity contribution in [3.8, 4) is 0 Å². The van der Waals surface area contributed by atoms with Gasteiger partial charge in [-0.3, -0.25) is 4.79 Å². The van der Waals surface area contributed by atoms with Gasteiger partial charge in [0.2, 0.25) is 0 Å². The van der Waals surface area contributed by atoms with Crippen molar-refractivity contribution in [1.29, 1.82) is 0 Å². The van der Waals surface area contributed by atoms with Gasteiger partial charge >= 0.3 is 5.97 Å². The number of fused-ring (bicyclic) bond motifs is 2. The fraction of sp³-hybridized carbons (Fsp3) is 0.862. The second-order valence-corrected chi connectivity index (χ2v) is 13.2. The Kier molecular flexibility index (Phi) is 5.09. The Morgan fingerprint density at radius 3 is 2.56 bits per heavy atom. The van der Waals surface area contributed by atoms with Crippen molar-refractivity contribution in [2.45, 2.75) is 105 Å². The van der Waals surface area contributed by atoms with Crippen molar-refractivity contribution in [3.05, 3.63) is 11.6 Å². The smallest absolute Gasteiger partial charge is 0.330 e. The quantitative estimate of drug-likeness (QED) is 0.466. The molecule has 178 valence electrons. The van der Waals surface area contributed by atoms with E-state index in [0.717, 1.165) is 31.1 Å². The van der Waals surface area contributed by atoms with Gasteiger partial charge in [-0.25, -0.2) is 4.79 Å². The van der Waals surface area contributed by atoms with Gasteiger partial charge in [0.1, 0.15) is 5.78 Å². The molecular formula is C29H44O3. The molecule has 3 heteroatoms.